The van der Waals surface area contributed by atoms with Crippen LogP contribution in [0.25, 0.3) is 11.2 Å². The first-order chi connectivity index (χ1) is 12.4. The van der Waals surface area contributed by atoms with Crippen molar-refractivity contribution in [1.82, 2.24) is 19.5 Å². The first-order valence-corrected chi connectivity index (χ1v) is 9.36. The predicted molar refractivity (Wildman–Crippen MR) is 84.3 cm³/mol. The smallest absolute Gasteiger partial charge is 0.268 e. The molecule has 2 saturated heterocycles. The molecule has 14 heteroatoms. The Balaban J connectivity index is 1.76. The van der Waals surface area contributed by atoms with E-state index in [-0.39, 0.29) is 12.4 Å². The molecule has 2 aromatic heterocycles. The molecule has 7 N–H and O–H groups in total. The first-order valence-electron chi connectivity index (χ1n) is 7.90. The molecule has 26 heavy (non-hydrogen) atoms. The average molecular weight is 387 g/mol. The second-order valence-corrected chi connectivity index (χ2v) is 7.25. The zero-order valence-electron chi connectivity index (χ0n) is 13.5. The summed E-state index contributed by atoms with van der Waals surface area (Å²) in [5, 5.41) is 13.7. The van der Waals surface area contributed by atoms with Crippen LogP contribution >= 0.6 is 7.82 Å². The van der Waals surface area contributed by atoms with Crippen molar-refractivity contribution in [3.05, 3.63) is 6.33 Å². The number of nitrogens with one attached hydrogen (secondary N) is 1. The van der Waals surface area contributed by atoms with E-state index in [1.54, 1.807) is 0 Å². The van der Waals surface area contributed by atoms with Crippen LogP contribution in [0.5, 0.6) is 0 Å². The van der Waals surface area contributed by atoms with Crippen molar-refractivity contribution in [2.75, 3.05) is 30.7 Å². The number of nitrogen functional groups attached to an aromatic ring is 1. The summed E-state index contributed by atoms with van der Waals surface area (Å²) >= 11 is 0. The van der Waals surface area contributed by atoms with Crippen molar-refractivity contribution >= 4 is 30.8 Å². The zero-order valence-corrected chi connectivity index (χ0v) is 14.4. The Bertz CT molecular complexity index is 877. The standard InChI is InChI=1S/C12H18N7O6P/c13-1-2-15-12-18-6-9(14)16-4-17-10(6)19(12)11-7(20)8-5(24-11)3-23-26(21,22)25-8/h4-5,7-8,11,20H,1-3,13H2,(H,15,18)(H,21,22)(H2,14,16,17). The van der Waals surface area contributed by atoms with Crippen LogP contribution in [0.3, 0.4) is 0 Å². The molecule has 5 unspecified atom stereocenters. The Hall–Kier alpha value is -1.86. The molecule has 5 atom stereocenters. The summed E-state index contributed by atoms with van der Waals surface area (Å²) in [5.41, 5.74) is 10.3. The van der Waals surface area contributed by atoms with E-state index in [1.807, 2.05) is 0 Å². The average Bonchev–Trinajstić information content (AvgIpc) is 3.11. The maximum Gasteiger partial charge on any atom is 0.268 e. The fraction of sp³-hybridized carbons (Fsp3) is 0.583. The summed E-state index contributed by atoms with van der Waals surface area (Å²) < 4.78 is 28.4. The molecular formula is C12H18N7O6P. The Kier molecular flexibility index (Phi) is 4.31. The van der Waals surface area contributed by atoms with Gasteiger partial charge in [0.25, 0.3) is 7.82 Å². The highest BCUT2D eigenvalue weighted by molar-refractivity contribution is 7.45. The number of nitrogens with zero attached hydrogens (tertiary/aromatic N) is 4. The Morgan fingerprint density at radius 2 is 2.35 bits per heavy atom. The molecule has 0 radical (unpaired) electrons. The van der Waals surface area contributed by atoms with Gasteiger partial charge in [0, 0.05) is 0 Å². The molecule has 0 spiro atoms. The second-order valence-electron chi connectivity index (χ2n) is 5.89. The molecule has 0 aliphatic carbocycles. The SMILES string of the molecule is Nc1ncnc2c1nc(NCC[NH3+])n2C1OC2COP(=O)([O-])OC2C1O. The van der Waals surface area contributed by atoms with Gasteiger partial charge in [0.1, 0.15) is 24.6 Å². The number of hydrogen-bond acceptors (Lipinski definition) is 11. The minimum atomic E-state index is -4.47. The fourth-order valence-electron chi connectivity index (χ4n) is 3.03. The molecule has 2 aromatic rings. The fourth-order valence-corrected chi connectivity index (χ4v) is 3.98. The number of phosphoric ester groups is 1. The lowest BCUT2D eigenvalue weighted by atomic mass is 10.1. The largest absolute Gasteiger partial charge is 0.756 e. The van der Waals surface area contributed by atoms with E-state index in [4.69, 9.17) is 15.0 Å². The molecule has 13 nitrogen and oxygen atoms in total. The molecule has 0 saturated carbocycles. The number of rotatable bonds is 4. The third-order valence-corrected chi connectivity index (χ3v) is 5.14. The quantitative estimate of drug-likeness (QED) is 0.395. The van der Waals surface area contributed by atoms with Gasteiger partial charge in [0.15, 0.2) is 23.2 Å². The molecule has 2 aliphatic rings. The minimum Gasteiger partial charge on any atom is -0.756 e. The monoisotopic (exact) mass is 387 g/mol. The van der Waals surface area contributed by atoms with Gasteiger partial charge in [-0.15, -0.1) is 0 Å². The van der Waals surface area contributed by atoms with Crippen molar-refractivity contribution in [2.45, 2.75) is 24.5 Å². The van der Waals surface area contributed by atoms with E-state index in [0.717, 1.165) is 0 Å². The maximum absolute atomic E-state index is 11.5. The third kappa shape index (κ3) is 2.83. The summed E-state index contributed by atoms with van der Waals surface area (Å²) in [6.07, 6.45) is -2.88. The van der Waals surface area contributed by atoms with Crippen LogP contribution in [0.1, 0.15) is 6.23 Å². The van der Waals surface area contributed by atoms with E-state index < -0.39 is 32.4 Å². The number of hydrogen-bond donors (Lipinski definition) is 4. The highest BCUT2D eigenvalue weighted by Crippen LogP contribution is 2.50. The van der Waals surface area contributed by atoms with E-state index in [2.05, 4.69) is 30.5 Å². The molecule has 0 bridgehead atoms. The second kappa shape index (κ2) is 6.39. The van der Waals surface area contributed by atoms with E-state index in [0.29, 0.717) is 30.2 Å². The van der Waals surface area contributed by atoms with Gasteiger partial charge in [0.05, 0.1) is 19.7 Å². The van der Waals surface area contributed by atoms with Gasteiger partial charge >= 0.3 is 0 Å². The molecule has 0 aromatic carbocycles. The van der Waals surface area contributed by atoms with Crippen LogP contribution in [-0.2, 0) is 18.3 Å². The summed E-state index contributed by atoms with van der Waals surface area (Å²) in [4.78, 5) is 24.0. The highest BCUT2D eigenvalue weighted by Gasteiger charge is 2.51. The predicted octanol–water partition coefficient (Wildman–Crippen LogP) is -2.80. The van der Waals surface area contributed by atoms with Gasteiger partial charge in [-0.1, -0.05) is 0 Å². The number of anilines is 2. The first kappa shape index (κ1) is 17.5. The third-order valence-electron chi connectivity index (χ3n) is 4.18. The van der Waals surface area contributed by atoms with Crippen molar-refractivity contribution in [3.8, 4) is 0 Å². The lowest BCUT2D eigenvalue weighted by molar-refractivity contribution is -0.362. The van der Waals surface area contributed by atoms with Crippen LogP contribution in [0.15, 0.2) is 6.33 Å². The Morgan fingerprint density at radius 3 is 3.12 bits per heavy atom. The topological polar surface area (TPSA) is 197 Å². The van der Waals surface area contributed by atoms with Gasteiger partial charge in [-0.25, -0.2) is 15.0 Å². The van der Waals surface area contributed by atoms with Gasteiger partial charge in [-0.3, -0.25) is 9.13 Å². The van der Waals surface area contributed by atoms with Crippen LogP contribution in [0.2, 0.25) is 0 Å². The van der Waals surface area contributed by atoms with Gasteiger partial charge in [-0.2, -0.15) is 0 Å². The van der Waals surface area contributed by atoms with Crippen molar-refractivity contribution in [2.24, 2.45) is 0 Å². The summed E-state index contributed by atoms with van der Waals surface area (Å²) in [6.45, 7) is 0.839. The number of imidazole rings is 1. The molecule has 2 fully saturated rings. The highest BCUT2D eigenvalue weighted by atomic mass is 31.2. The van der Waals surface area contributed by atoms with E-state index >= 15 is 0 Å². The normalized spacial score (nSPS) is 34.1. The summed E-state index contributed by atoms with van der Waals surface area (Å²) in [5.74, 6) is 0.504. The number of quaternary nitrogens is 1. The maximum atomic E-state index is 11.5. The van der Waals surface area contributed by atoms with Gasteiger partial charge in [-0.05, 0) is 0 Å². The number of aliphatic hydroxyl groups excluding tert-OH is 1. The zero-order chi connectivity index (χ0) is 18.5. The van der Waals surface area contributed by atoms with Crippen LogP contribution in [-0.4, -0.2) is 62.6 Å². The van der Waals surface area contributed by atoms with E-state index in [9.17, 15) is 14.6 Å². The molecular weight excluding hydrogens is 369 g/mol. The van der Waals surface area contributed by atoms with Crippen LogP contribution < -0.4 is 21.7 Å². The Morgan fingerprint density at radius 1 is 1.54 bits per heavy atom. The number of aromatic nitrogens is 4. The molecule has 0 amide bonds. The van der Waals surface area contributed by atoms with Gasteiger partial charge < -0.3 is 40.6 Å². The number of ether oxygens (including phenoxy) is 1. The van der Waals surface area contributed by atoms with Crippen LogP contribution in [0.4, 0.5) is 11.8 Å². The number of phosphoric acid groups is 1. The van der Waals surface area contributed by atoms with Crippen LogP contribution in [0, 0.1) is 0 Å². The van der Waals surface area contributed by atoms with Crippen molar-refractivity contribution in [1.29, 1.82) is 0 Å². The van der Waals surface area contributed by atoms with Crippen molar-refractivity contribution in [3.63, 3.8) is 0 Å². The molecule has 4 rings (SSSR count). The molecule has 4 heterocycles. The lowest BCUT2D eigenvalue weighted by Crippen LogP contribution is -2.53. The minimum absolute atomic E-state index is 0.167. The van der Waals surface area contributed by atoms with Crippen molar-refractivity contribution < 1.29 is 34.1 Å². The summed E-state index contributed by atoms with van der Waals surface area (Å²) in [6, 6.07) is 0. The molecule has 142 valence electrons. The number of nitrogens with two attached hydrogens (primary N) is 1. The molecule has 2 aliphatic heterocycles. The number of fused-ring (bicyclic) bond motifs is 2. The van der Waals surface area contributed by atoms with E-state index in [1.165, 1.54) is 10.9 Å². The van der Waals surface area contributed by atoms with Gasteiger partial charge in [0.2, 0.25) is 5.95 Å². The lowest BCUT2D eigenvalue weighted by Gasteiger charge is -2.34. The summed E-state index contributed by atoms with van der Waals surface area (Å²) in [7, 11) is -4.47. The Labute approximate surface area is 146 Å². The number of aliphatic hydroxyl groups is 1.